The van der Waals surface area contributed by atoms with Gasteiger partial charge in [0.2, 0.25) is 0 Å². The van der Waals surface area contributed by atoms with Crippen molar-refractivity contribution in [2.45, 2.75) is 26.3 Å². The van der Waals surface area contributed by atoms with Crippen molar-refractivity contribution in [3.05, 3.63) is 24.2 Å². The molecule has 0 amide bonds. The van der Waals surface area contributed by atoms with Gasteiger partial charge in [0.1, 0.15) is 0 Å². The minimum Gasteiger partial charge on any atom is -0.398 e. The van der Waals surface area contributed by atoms with Gasteiger partial charge < -0.3 is 5.73 Å². The molecular formula is C12H19N5. The van der Waals surface area contributed by atoms with Crippen molar-refractivity contribution in [2.24, 2.45) is 0 Å². The van der Waals surface area contributed by atoms with Crippen molar-refractivity contribution in [2.75, 3.05) is 19.3 Å². The van der Waals surface area contributed by atoms with Gasteiger partial charge in [-0.2, -0.15) is 0 Å². The minimum atomic E-state index is 0.731. The first-order valence-corrected chi connectivity index (χ1v) is 5.98. The molecular weight excluding hydrogens is 214 g/mol. The third-order valence-corrected chi connectivity index (χ3v) is 2.80. The average Bonchev–Trinajstić information content (AvgIpc) is 2.69. The zero-order chi connectivity index (χ0) is 12.3. The maximum atomic E-state index is 5.77. The van der Waals surface area contributed by atoms with Gasteiger partial charge >= 0.3 is 0 Å². The second-order valence-electron chi connectivity index (χ2n) is 4.40. The van der Waals surface area contributed by atoms with Gasteiger partial charge in [-0.1, -0.05) is 13.3 Å². The van der Waals surface area contributed by atoms with Crippen LogP contribution in [-0.2, 0) is 6.54 Å². The van der Waals surface area contributed by atoms with E-state index >= 15 is 0 Å². The number of nitrogen functional groups attached to an aromatic ring is 1. The highest BCUT2D eigenvalue weighted by Gasteiger charge is 2.07. The third-order valence-electron chi connectivity index (χ3n) is 2.80. The van der Waals surface area contributed by atoms with E-state index in [1.165, 1.54) is 12.8 Å². The Balaban J connectivity index is 2.15. The van der Waals surface area contributed by atoms with E-state index in [1.54, 1.807) is 0 Å². The first-order chi connectivity index (χ1) is 8.20. The van der Waals surface area contributed by atoms with Crippen LogP contribution < -0.4 is 5.73 Å². The molecule has 5 nitrogen and oxygen atoms in total. The number of anilines is 1. The Labute approximate surface area is 101 Å². The van der Waals surface area contributed by atoms with E-state index in [0.717, 1.165) is 30.2 Å². The van der Waals surface area contributed by atoms with E-state index < -0.39 is 0 Å². The molecule has 0 spiro atoms. The summed E-state index contributed by atoms with van der Waals surface area (Å²) in [5.74, 6) is 0.936. The molecule has 0 radical (unpaired) electrons. The lowest BCUT2D eigenvalue weighted by atomic mass is 10.3. The molecule has 0 aliphatic carbocycles. The second-order valence-corrected chi connectivity index (χ2v) is 4.40. The first kappa shape index (κ1) is 11.9. The zero-order valence-electron chi connectivity index (χ0n) is 10.4. The van der Waals surface area contributed by atoms with Gasteiger partial charge in [-0.3, -0.25) is 9.30 Å². The molecule has 0 aliphatic rings. The number of hydrogen-bond donors (Lipinski definition) is 1. The summed E-state index contributed by atoms with van der Waals surface area (Å²) in [5.41, 5.74) is 7.35. The molecule has 0 fully saturated rings. The quantitative estimate of drug-likeness (QED) is 0.851. The fourth-order valence-corrected chi connectivity index (χ4v) is 1.81. The number of rotatable bonds is 5. The standard InChI is InChI=1S/C12H19N5/c1-3-4-7-16(2)9-12-15-14-11-6-5-10(13)8-17(11)12/h5-6,8H,3-4,7,9,13H2,1-2H3. The summed E-state index contributed by atoms with van der Waals surface area (Å²) in [6, 6.07) is 3.73. The topological polar surface area (TPSA) is 59.5 Å². The van der Waals surface area contributed by atoms with Crippen LogP contribution in [0.25, 0.3) is 5.65 Å². The summed E-state index contributed by atoms with van der Waals surface area (Å²) in [5, 5.41) is 8.32. The van der Waals surface area contributed by atoms with Crippen LogP contribution in [0.4, 0.5) is 5.69 Å². The van der Waals surface area contributed by atoms with Crippen molar-refractivity contribution in [1.29, 1.82) is 0 Å². The highest BCUT2D eigenvalue weighted by atomic mass is 15.3. The van der Waals surface area contributed by atoms with Gasteiger partial charge in [0, 0.05) is 11.9 Å². The first-order valence-electron chi connectivity index (χ1n) is 5.98. The Morgan fingerprint density at radius 1 is 1.35 bits per heavy atom. The van der Waals surface area contributed by atoms with E-state index in [4.69, 9.17) is 5.73 Å². The molecule has 0 unspecified atom stereocenters. The van der Waals surface area contributed by atoms with Gasteiger partial charge in [0.25, 0.3) is 0 Å². The van der Waals surface area contributed by atoms with Gasteiger partial charge in [0.15, 0.2) is 11.5 Å². The lowest BCUT2D eigenvalue weighted by Crippen LogP contribution is -2.20. The molecule has 0 bridgehead atoms. The normalized spacial score (nSPS) is 11.5. The molecule has 2 rings (SSSR count). The van der Waals surface area contributed by atoms with Crippen LogP contribution in [0.3, 0.4) is 0 Å². The molecule has 2 N–H and O–H groups in total. The molecule has 0 aromatic carbocycles. The van der Waals surface area contributed by atoms with Gasteiger partial charge in [-0.15, -0.1) is 10.2 Å². The number of nitrogens with zero attached hydrogens (tertiary/aromatic N) is 4. The summed E-state index contributed by atoms with van der Waals surface area (Å²) in [4.78, 5) is 2.25. The number of aromatic nitrogens is 3. The maximum Gasteiger partial charge on any atom is 0.160 e. The van der Waals surface area contributed by atoms with Crippen LogP contribution in [0.1, 0.15) is 25.6 Å². The Hall–Kier alpha value is -1.62. The molecule has 2 heterocycles. The number of hydrogen-bond acceptors (Lipinski definition) is 4. The predicted octanol–water partition coefficient (Wildman–Crippen LogP) is 1.54. The lowest BCUT2D eigenvalue weighted by molar-refractivity contribution is 0.311. The lowest BCUT2D eigenvalue weighted by Gasteiger charge is -2.14. The van der Waals surface area contributed by atoms with Crippen LogP contribution in [0.5, 0.6) is 0 Å². The third kappa shape index (κ3) is 2.74. The molecule has 2 aromatic heterocycles. The summed E-state index contributed by atoms with van der Waals surface area (Å²) in [6.45, 7) is 4.07. The monoisotopic (exact) mass is 233 g/mol. The number of nitrogens with two attached hydrogens (primary N) is 1. The van der Waals surface area contributed by atoms with E-state index in [0.29, 0.717) is 0 Å². The molecule has 0 aliphatic heterocycles. The highest BCUT2D eigenvalue weighted by molar-refractivity contribution is 5.47. The molecule has 0 saturated carbocycles. The summed E-state index contributed by atoms with van der Waals surface area (Å²) in [6.07, 6.45) is 4.28. The molecule has 2 aromatic rings. The molecule has 5 heteroatoms. The van der Waals surface area contributed by atoms with E-state index in [9.17, 15) is 0 Å². The fraction of sp³-hybridized carbons (Fsp3) is 0.500. The average molecular weight is 233 g/mol. The Morgan fingerprint density at radius 3 is 2.94 bits per heavy atom. The van der Waals surface area contributed by atoms with Crippen molar-refractivity contribution in [3.63, 3.8) is 0 Å². The maximum absolute atomic E-state index is 5.77. The van der Waals surface area contributed by atoms with Crippen LogP contribution in [0.15, 0.2) is 18.3 Å². The predicted molar refractivity (Wildman–Crippen MR) is 68.6 cm³/mol. The van der Waals surface area contributed by atoms with Crippen molar-refractivity contribution in [3.8, 4) is 0 Å². The van der Waals surface area contributed by atoms with Gasteiger partial charge in [-0.05, 0) is 32.1 Å². The molecule has 17 heavy (non-hydrogen) atoms. The minimum absolute atomic E-state index is 0.731. The SMILES string of the molecule is CCCCN(C)Cc1nnc2ccc(N)cn12. The van der Waals surface area contributed by atoms with Gasteiger partial charge in [0.05, 0.1) is 6.54 Å². The number of unbranched alkanes of at least 4 members (excludes halogenated alkanes) is 1. The van der Waals surface area contributed by atoms with Crippen molar-refractivity contribution in [1.82, 2.24) is 19.5 Å². The van der Waals surface area contributed by atoms with E-state index in [-0.39, 0.29) is 0 Å². The van der Waals surface area contributed by atoms with E-state index in [1.807, 2.05) is 22.7 Å². The van der Waals surface area contributed by atoms with Crippen molar-refractivity contribution >= 4 is 11.3 Å². The largest absolute Gasteiger partial charge is 0.398 e. The molecule has 0 saturated heterocycles. The highest BCUT2D eigenvalue weighted by Crippen LogP contribution is 2.09. The summed E-state index contributed by atoms with van der Waals surface area (Å²) >= 11 is 0. The molecule has 0 atom stereocenters. The Morgan fingerprint density at radius 2 is 2.18 bits per heavy atom. The van der Waals surface area contributed by atoms with Crippen LogP contribution in [0.2, 0.25) is 0 Å². The smallest absolute Gasteiger partial charge is 0.160 e. The van der Waals surface area contributed by atoms with Gasteiger partial charge in [-0.25, -0.2) is 0 Å². The van der Waals surface area contributed by atoms with E-state index in [2.05, 4.69) is 29.1 Å². The summed E-state index contributed by atoms with van der Waals surface area (Å²) < 4.78 is 1.96. The van der Waals surface area contributed by atoms with Crippen LogP contribution in [0, 0.1) is 0 Å². The van der Waals surface area contributed by atoms with Crippen LogP contribution >= 0.6 is 0 Å². The Bertz CT molecular complexity index is 491. The van der Waals surface area contributed by atoms with Crippen LogP contribution in [-0.4, -0.2) is 33.1 Å². The summed E-state index contributed by atoms with van der Waals surface area (Å²) in [7, 11) is 2.10. The number of fused-ring (bicyclic) bond motifs is 1. The molecule has 92 valence electrons. The number of pyridine rings is 1. The zero-order valence-corrected chi connectivity index (χ0v) is 10.4. The van der Waals surface area contributed by atoms with Crippen molar-refractivity contribution < 1.29 is 0 Å². The second kappa shape index (κ2) is 5.14. The fourth-order valence-electron chi connectivity index (χ4n) is 1.81. The Kier molecular flexibility index (Phi) is 3.58.